The van der Waals surface area contributed by atoms with Crippen LogP contribution in [-0.2, 0) is 0 Å². The number of carbonyl (C=O) groups is 2. The standard InChI is InChI=1S/C9H6N2O2/c12-3-6-1-2-7(4-13)9-8(6)10-5-11-9/h1-5H,(H,10,11). The molecule has 1 heterocycles. The van der Waals surface area contributed by atoms with Gasteiger partial charge in [-0.1, -0.05) is 0 Å². The van der Waals surface area contributed by atoms with E-state index in [0.29, 0.717) is 22.2 Å². The van der Waals surface area contributed by atoms with Gasteiger partial charge in [0.2, 0.25) is 0 Å². The number of H-pyrrole nitrogens is 1. The third-order valence-electron chi connectivity index (χ3n) is 1.90. The number of aromatic nitrogens is 2. The highest BCUT2D eigenvalue weighted by atomic mass is 16.1. The lowest BCUT2D eigenvalue weighted by Crippen LogP contribution is -1.87. The van der Waals surface area contributed by atoms with Gasteiger partial charge in [0.1, 0.15) is 0 Å². The monoisotopic (exact) mass is 174 g/mol. The molecule has 2 aromatic rings. The predicted octanol–water partition coefficient (Wildman–Crippen LogP) is 1.19. The largest absolute Gasteiger partial charge is 0.344 e. The van der Waals surface area contributed by atoms with Crippen molar-refractivity contribution in [3.05, 3.63) is 29.6 Å². The number of aromatic amines is 1. The maximum Gasteiger partial charge on any atom is 0.152 e. The van der Waals surface area contributed by atoms with Crippen LogP contribution in [0.4, 0.5) is 0 Å². The summed E-state index contributed by atoms with van der Waals surface area (Å²) >= 11 is 0. The van der Waals surface area contributed by atoms with Crippen LogP contribution in [-0.4, -0.2) is 22.5 Å². The smallest absolute Gasteiger partial charge is 0.152 e. The molecule has 0 aliphatic heterocycles. The van der Waals surface area contributed by atoms with E-state index in [1.807, 2.05) is 0 Å². The van der Waals surface area contributed by atoms with Crippen LogP contribution in [0.3, 0.4) is 0 Å². The second-order valence-corrected chi connectivity index (χ2v) is 2.61. The van der Waals surface area contributed by atoms with Crippen LogP contribution < -0.4 is 0 Å². The second kappa shape index (κ2) is 2.82. The van der Waals surface area contributed by atoms with Gasteiger partial charge in [0.25, 0.3) is 0 Å². The molecule has 1 N–H and O–H groups in total. The summed E-state index contributed by atoms with van der Waals surface area (Å²) in [4.78, 5) is 27.9. The summed E-state index contributed by atoms with van der Waals surface area (Å²) in [6.07, 6.45) is 2.91. The Bertz CT molecular complexity index is 431. The fourth-order valence-electron chi connectivity index (χ4n) is 1.27. The molecule has 0 spiro atoms. The van der Waals surface area contributed by atoms with E-state index in [1.165, 1.54) is 6.33 Å². The molecule has 0 amide bonds. The van der Waals surface area contributed by atoms with Crippen molar-refractivity contribution in [2.45, 2.75) is 0 Å². The molecule has 0 saturated heterocycles. The lowest BCUT2D eigenvalue weighted by molar-refractivity contribution is 0.111. The topological polar surface area (TPSA) is 62.8 Å². The van der Waals surface area contributed by atoms with E-state index < -0.39 is 0 Å². The van der Waals surface area contributed by atoms with Gasteiger partial charge in [0.05, 0.1) is 17.4 Å². The second-order valence-electron chi connectivity index (χ2n) is 2.61. The number of imidazole rings is 1. The molecule has 1 aromatic carbocycles. The minimum Gasteiger partial charge on any atom is -0.344 e. The van der Waals surface area contributed by atoms with Crippen LogP contribution in [0.2, 0.25) is 0 Å². The van der Waals surface area contributed by atoms with Crippen molar-refractivity contribution in [1.29, 1.82) is 0 Å². The van der Waals surface area contributed by atoms with E-state index in [0.717, 1.165) is 12.6 Å². The molecule has 4 heteroatoms. The zero-order valence-corrected chi connectivity index (χ0v) is 6.65. The van der Waals surface area contributed by atoms with E-state index in [4.69, 9.17) is 0 Å². The first-order valence-electron chi connectivity index (χ1n) is 3.73. The first-order valence-corrected chi connectivity index (χ1v) is 3.73. The molecule has 0 saturated carbocycles. The Morgan fingerprint density at radius 1 is 1.15 bits per heavy atom. The Balaban J connectivity index is 2.88. The third-order valence-corrected chi connectivity index (χ3v) is 1.90. The molecule has 2 rings (SSSR count). The van der Waals surface area contributed by atoms with Crippen molar-refractivity contribution in [2.75, 3.05) is 0 Å². The molecule has 0 atom stereocenters. The average molecular weight is 174 g/mol. The minimum atomic E-state index is 0.488. The molecule has 4 nitrogen and oxygen atoms in total. The van der Waals surface area contributed by atoms with Crippen LogP contribution >= 0.6 is 0 Å². The maximum absolute atomic E-state index is 10.6. The van der Waals surface area contributed by atoms with Crippen molar-refractivity contribution in [2.24, 2.45) is 0 Å². The fourth-order valence-corrected chi connectivity index (χ4v) is 1.27. The lowest BCUT2D eigenvalue weighted by Gasteiger charge is -1.95. The molecule has 0 fully saturated rings. The number of nitrogens with one attached hydrogen (secondary N) is 1. The summed E-state index contributed by atoms with van der Waals surface area (Å²) in [6, 6.07) is 3.18. The van der Waals surface area contributed by atoms with Gasteiger partial charge in [-0.05, 0) is 12.1 Å². The summed E-state index contributed by atoms with van der Waals surface area (Å²) in [7, 11) is 0. The molecule has 0 bridgehead atoms. The minimum absolute atomic E-state index is 0.488. The van der Waals surface area contributed by atoms with Crippen molar-refractivity contribution >= 4 is 23.6 Å². The summed E-state index contributed by atoms with van der Waals surface area (Å²) in [5.41, 5.74) is 2.15. The van der Waals surface area contributed by atoms with Gasteiger partial charge in [-0.25, -0.2) is 4.98 Å². The number of carbonyl (C=O) groups excluding carboxylic acids is 2. The first-order chi connectivity index (χ1) is 6.36. The molecule has 13 heavy (non-hydrogen) atoms. The van der Waals surface area contributed by atoms with Crippen LogP contribution in [0.25, 0.3) is 11.0 Å². The van der Waals surface area contributed by atoms with Gasteiger partial charge in [-0.3, -0.25) is 9.59 Å². The van der Waals surface area contributed by atoms with Gasteiger partial charge in [-0.2, -0.15) is 0 Å². The zero-order chi connectivity index (χ0) is 9.26. The van der Waals surface area contributed by atoms with E-state index in [2.05, 4.69) is 9.97 Å². The molecule has 0 aliphatic carbocycles. The van der Waals surface area contributed by atoms with Crippen LogP contribution in [0.15, 0.2) is 18.5 Å². The molecule has 0 unspecified atom stereocenters. The quantitative estimate of drug-likeness (QED) is 0.695. The molecular weight excluding hydrogens is 168 g/mol. The Morgan fingerprint density at radius 2 is 1.85 bits per heavy atom. The molecule has 1 aromatic heterocycles. The van der Waals surface area contributed by atoms with Gasteiger partial charge in [0.15, 0.2) is 12.6 Å². The summed E-state index contributed by atoms with van der Waals surface area (Å²) in [6.45, 7) is 0. The normalized spacial score (nSPS) is 10.2. The van der Waals surface area contributed by atoms with E-state index in [1.54, 1.807) is 12.1 Å². The number of benzene rings is 1. The van der Waals surface area contributed by atoms with Crippen LogP contribution in [0.5, 0.6) is 0 Å². The molecule has 0 aliphatic rings. The lowest BCUT2D eigenvalue weighted by atomic mass is 10.1. The fraction of sp³-hybridized carbons (Fsp3) is 0. The van der Waals surface area contributed by atoms with Crippen molar-refractivity contribution in [3.8, 4) is 0 Å². The molecule has 0 radical (unpaired) electrons. The number of aldehydes is 2. The van der Waals surface area contributed by atoms with E-state index >= 15 is 0 Å². The summed E-state index contributed by atoms with van der Waals surface area (Å²) in [5, 5.41) is 0. The van der Waals surface area contributed by atoms with Crippen LogP contribution in [0.1, 0.15) is 20.7 Å². The number of rotatable bonds is 2. The Hall–Kier alpha value is -1.97. The summed E-state index contributed by atoms with van der Waals surface area (Å²) in [5.74, 6) is 0. The highest BCUT2D eigenvalue weighted by Crippen LogP contribution is 2.16. The van der Waals surface area contributed by atoms with Crippen molar-refractivity contribution in [3.63, 3.8) is 0 Å². The van der Waals surface area contributed by atoms with Gasteiger partial charge in [-0.15, -0.1) is 0 Å². The highest BCUT2D eigenvalue weighted by molar-refractivity contribution is 6.01. The SMILES string of the molecule is O=Cc1ccc(C=O)c2[nH]cnc12. The Morgan fingerprint density at radius 3 is 2.54 bits per heavy atom. The van der Waals surface area contributed by atoms with E-state index in [9.17, 15) is 9.59 Å². The summed E-state index contributed by atoms with van der Waals surface area (Å²) < 4.78 is 0. The van der Waals surface area contributed by atoms with Gasteiger partial charge < -0.3 is 4.98 Å². The maximum atomic E-state index is 10.6. The molecule has 64 valence electrons. The van der Waals surface area contributed by atoms with Crippen LogP contribution in [0, 0.1) is 0 Å². The highest BCUT2D eigenvalue weighted by Gasteiger charge is 2.06. The van der Waals surface area contributed by atoms with E-state index in [-0.39, 0.29) is 0 Å². The number of nitrogens with zero attached hydrogens (tertiary/aromatic N) is 1. The molecular formula is C9H6N2O2. The predicted molar refractivity (Wildman–Crippen MR) is 46.9 cm³/mol. The Labute approximate surface area is 73.6 Å². The first kappa shape index (κ1) is 7.67. The van der Waals surface area contributed by atoms with Crippen molar-refractivity contribution < 1.29 is 9.59 Å². The number of fused-ring (bicyclic) bond motifs is 1. The number of hydrogen-bond acceptors (Lipinski definition) is 3. The van der Waals surface area contributed by atoms with Crippen molar-refractivity contribution in [1.82, 2.24) is 9.97 Å². The zero-order valence-electron chi connectivity index (χ0n) is 6.65. The van der Waals surface area contributed by atoms with Gasteiger partial charge in [0, 0.05) is 11.1 Å². The average Bonchev–Trinajstić information content (AvgIpc) is 2.64. The number of hydrogen-bond donors (Lipinski definition) is 1. The Kier molecular flexibility index (Phi) is 1.66. The van der Waals surface area contributed by atoms with Gasteiger partial charge >= 0.3 is 0 Å². The third kappa shape index (κ3) is 1.03.